The fourth-order valence-corrected chi connectivity index (χ4v) is 1.89. The van der Waals surface area contributed by atoms with Crippen LogP contribution >= 0.6 is 12.0 Å². The Morgan fingerprint density at radius 1 is 1.00 bits per heavy atom. The minimum absolute atomic E-state index is 0.549. The Kier molecular flexibility index (Phi) is 3.44. The predicted octanol–water partition coefficient (Wildman–Crippen LogP) is 2.92. The molecule has 0 saturated heterocycles. The summed E-state index contributed by atoms with van der Waals surface area (Å²) in [5.41, 5.74) is 0. The maximum atomic E-state index is 8.73. The Balaban J connectivity index is 2.18. The van der Waals surface area contributed by atoms with Crippen molar-refractivity contribution in [2.45, 2.75) is 43.8 Å². The van der Waals surface area contributed by atoms with Gasteiger partial charge in [-0.3, -0.25) is 0 Å². The summed E-state index contributed by atoms with van der Waals surface area (Å²) in [4.78, 5) is 0. The van der Waals surface area contributed by atoms with Crippen LogP contribution in [0.4, 0.5) is 0 Å². The zero-order chi connectivity index (χ0) is 6.53. The average Bonchev–Trinajstić information content (AvgIpc) is 2.13. The first kappa shape index (κ1) is 7.42. The zero-order valence-electron chi connectivity index (χ0n) is 5.68. The highest BCUT2D eigenvalue weighted by Crippen LogP contribution is 2.24. The first-order chi connectivity index (χ1) is 4.43. The highest BCUT2D eigenvalue weighted by Gasteiger charge is 2.10. The normalized spacial score (nSPS) is 23.7. The lowest BCUT2D eigenvalue weighted by molar-refractivity contribution is 0.621. The molecule has 54 valence electrons. The van der Waals surface area contributed by atoms with Crippen molar-refractivity contribution in [2.24, 2.45) is 0 Å². The van der Waals surface area contributed by atoms with Gasteiger partial charge in [0.15, 0.2) is 0 Å². The van der Waals surface area contributed by atoms with Gasteiger partial charge in [0.25, 0.3) is 0 Å². The second-order valence-electron chi connectivity index (χ2n) is 2.72. The molecule has 0 atom stereocenters. The van der Waals surface area contributed by atoms with Crippen molar-refractivity contribution in [2.75, 3.05) is 0 Å². The number of hydrogen-bond donors (Lipinski definition) is 1. The van der Waals surface area contributed by atoms with Crippen molar-refractivity contribution in [3.05, 3.63) is 0 Å². The van der Waals surface area contributed by atoms with Gasteiger partial charge in [-0.25, -0.2) is 0 Å². The minimum atomic E-state index is 0.549. The molecule has 1 nitrogen and oxygen atoms in total. The largest absolute Gasteiger partial charge is 0.330 e. The summed E-state index contributed by atoms with van der Waals surface area (Å²) in [7, 11) is 0. The molecule has 0 amide bonds. The number of hydrogen-bond acceptors (Lipinski definition) is 2. The van der Waals surface area contributed by atoms with E-state index in [1.165, 1.54) is 38.5 Å². The van der Waals surface area contributed by atoms with Gasteiger partial charge in [0.05, 0.1) is 0 Å². The van der Waals surface area contributed by atoms with Gasteiger partial charge < -0.3 is 4.55 Å². The van der Waals surface area contributed by atoms with Gasteiger partial charge in [0.1, 0.15) is 0 Å². The van der Waals surface area contributed by atoms with Crippen LogP contribution in [0, 0.1) is 0 Å². The molecule has 0 unspecified atom stereocenters. The van der Waals surface area contributed by atoms with E-state index in [9.17, 15) is 0 Å². The van der Waals surface area contributed by atoms with Gasteiger partial charge in [0.2, 0.25) is 0 Å². The third kappa shape index (κ3) is 2.59. The third-order valence-electron chi connectivity index (χ3n) is 1.95. The molecule has 2 heteroatoms. The fourth-order valence-electron chi connectivity index (χ4n) is 1.35. The summed E-state index contributed by atoms with van der Waals surface area (Å²) < 4.78 is 8.73. The van der Waals surface area contributed by atoms with Gasteiger partial charge in [-0.15, -0.1) is 0 Å². The van der Waals surface area contributed by atoms with E-state index < -0.39 is 0 Å². The lowest BCUT2D eigenvalue weighted by atomic mass is 10.2. The van der Waals surface area contributed by atoms with Gasteiger partial charge in [-0.2, -0.15) is 0 Å². The van der Waals surface area contributed by atoms with Crippen LogP contribution in [-0.4, -0.2) is 9.80 Å². The molecule has 0 spiro atoms. The van der Waals surface area contributed by atoms with E-state index in [0.29, 0.717) is 5.25 Å². The van der Waals surface area contributed by atoms with E-state index in [1.807, 2.05) is 0 Å². The van der Waals surface area contributed by atoms with E-state index in [1.54, 1.807) is 0 Å². The monoisotopic (exact) mass is 146 g/mol. The first-order valence-corrected chi connectivity index (χ1v) is 4.57. The molecule has 0 aromatic heterocycles. The Bertz CT molecular complexity index is 67.3. The molecule has 1 aliphatic carbocycles. The van der Waals surface area contributed by atoms with Gasteiger partial charge in [-0.05, 0) is 24.9 Å². The lowest BCUT2D eigenvalue weighted by Gasteiger charge is -2.06. The van der Waals surface area contributed by atoms with E-state index >= 15 is 0 Å². The molecule has 1 aliphatic rings. The quantitative estimate of drug-likeness (QED) is 0.453. The second-order valence-corrected chi connectivity index (χ2v) is 3.60. The Labute approximate surface area is 61.0 Å². The fraction of sp³-hybridized carbons (Fsp3) is 1.00. The van der Waals surface area contributed by atoms with Crippen molar-refractivity contribution in [1.29, 1.82) is 0 Å². The standard InChI is InChI=1S/C7H14OS/c8-9-7-5-3-1-2-4-6-7/h7-8H,1-6H2. The molecule has 0 aromatic rings. The molecule has 9 heavy (non-hydrogen) atoms. The van der Waals surface area contributed by atoms with Crippen LogP contribution in [0.25, 0.3) is 0 Å². The van der Waals surface area contributed by atoms with Crippen LogP contribution in [0.3, 0.4) is 0 Å². The maximum absolute atomic E-state index is 8.73. The van der Waals surface area contributed by atoms with Crippen LogP contribution in [0.15, 0.2) is 0 Å². The maximum Gasteiger partial charge on any atom is 0.0308 e. The molecule has 0 aromatic carbocycles. The van der Waals surface area contributed by atoms with Gasteiger partial charge in [-0.1, -0.05) is 25.7 Å². The summed E-state index contributed by atoms with van der Waals surface area (Å²) in [6, 6.07) is 0. The predicted molar refractivity (Wildman–Crippen MR) is 41.7 cm³/mol. The van der Waals surface area contributed by atoms with Gasteiger partial charge >= 0.3 is 0 Å². The van der Waals surface area contributed by atoms with E-state index in [-0.39, 0.29) is 0 Å². The average molecular weight is 146 g/mol. The number of rotatable bonds is 1. The molecule has 1 saturated carbocycles. The topological polar surface area (TPSA) is 20.2 Å². The first-order valence-electron chi connectivity index (χ1n) is 3.73. The van der Waals surface area contributed by atoms with Crippen LogP contribution in [-0.2, 0) is 0 Å². The smallest absolute Gasteiger partial charge is 0.0308 e. The molecule has 0 aliphatic heterocycles. The van der Waals surface area contributed by atoms with Crippen molar-refractivity contribution in [3.63, 3.8) is 0 Å². The summed E-state index contributed by atoms with van der Waals surface area (Å²) in [5, 5.41) is 0.549. The van der Waals surface area contributed by atoms with Crippen molar-refractivity contribution in [1.82, 2.24) is 0 Å². The molecular weight excluding hydrogens is 132 g/mol. The summed E-state index contributed by atoms with van der Waals surface area (Å²) >= 11 is 1.06. The van der Waals surface area contributed by atoms with E-state index in [4.69, 9.17) is 4.55 Å². The second kappa shape index (κ2) is 4.18. The highest BCUT2D eigenvalue weighted by molar-refractivity contribution is 7.94. The van der Waals surface area contributed by atoms with Crippen molar-refractivity contribution >= 4 is 12.0 Å². The Morgan fingerprint density at radius 3 is 2.00 bits per heavy atom. The van der Waals surface area contributed by atoms with Crippen molar-refractivity contribution < 1.29 is 4.55 Å². The molecule has 0 heterocycles. The van der Waals surface area contributed by atoms with Gasteiger partial charge in [0, 0.05) is 5.25 Å². The molecule has 0 bridgehead atoms. The van der Waals surface area contributed by atoms with Crippen molar-refractivity contribution in [3.8, 4) is 0 Å². The van der Waals surface area contributed by atoms with Crippen LogP contribution in [0.2, 0.25) is 0 Å². The molecule has 0 radical (unpaired) electrons. The molecule has 1 rings (SSSR count). The Hall–Kier alpha value is 0.310. The van der Waals surface area contributed by atoms with E-state index in [0.717, 1.165) is 12.0 Å². The van der Waals surface area contributed by atoms with Crippen LogP contribution in [0.1, 0.15) is 38.5 Å². The molecule has 1 fully saturated rings. The Morgan fingerprint density at radius 2 is 1.56 bits per heavy atom. The summed E-state index contributed by atoms with van der Waals surface area (Å²) in [6.45, 7) is 0. The molecular formula is C7H14OS. The molecule has 1 N–H and O–H groups in total. The summed E-state index contributed by atoms with van der Waals surface area (Å²) in [6.07, 6.45) is 7.83. The lowest BCUT2D eigenvalue weighted by Crippen LogP contribution is -1.97. The van der Waals surface area contributed by atoms with Crippen LogP contribution in [0.5, 0.6) is 0 Å². The summed E-state index contributed by atoms with van der Waals surface area (Å²) in [5.74, 6) is 0. The third-order valence-corrected chi connectivity index (χ3v) is 2.72. The highest BCUT2D eigenvalue weighted by atomic mass is 32.2. The zero-order valence-corrected chi connectivity index (χ0v) is 6.49. The SMILES string of the molecule is OSC1CCCCCC1. The minimum Gasteiger partial charge on any atom is -0.330 e. The van der Waals surface area contributed by atoms with Crippen LogP contribution < -0.4 is 0 Å². The van der Waals surface area contributed by atoms with E-state index in [2.05, 4.69) is 0 Å².